The van der Waals surface area contributed by atoms with Crippen LogP contribution in [0.15, 0.2) is 35.6 Å². The number of rotatable bonds is 2. The molecule has 6 nitrogen and oxygen atoms in total. The van der Waals surface area contributed by atoms with Crippen molar-refractivity contribution in [2.75, 3.05) is 13.1 Å². The first-order chi connectivity index (χ1) is 11.1. The first-order valence-electron chi connectivity index (χ1n) is 7.78. The van der Waals surface area contributed by atoms with Gasteiger partial charge in [-0.25, -0.2) is 9.97 Å². The Morgan fingerprint density at radius 3 is 2.65 bits per heavy atom. The second kappa shape index (κ2) is 6.32. The summed E-state index contributed by atoms with van der Waals surface area (Å²) in [6.07, 6.45) is 6.82. The molecule has 120 valence electrons. The summed E-state index contributed by atoms with van der Waals surface area (Å²) in [5.41, 5.74) is 2.65. The van der Waals surface area contributed by atoms with Crippen molar-refractivity contribution in [2.24, 2.45) is 7.05 Å². The average Bonchev–Trinajstić information content (AvgIpc) is 2.57. The highest BCUT2D eigenvalue weighted by molar-refractivity contribution is 5.94. The summed E-state index contributed by atoms with van der Waals surface area (Å²) in [7, 11) is 1.66. The Kier molecular flexibility index (Phi) is 4.23. The largest absolute Gasteiger partial charge is 0.339 e. The normalized spacial score (nSPS) is 15.7. The lowest BCUT2D eigenvalue weighted by atomic mass is 9.91. The van der Waals surface area contributed by atoms with E-state index in [-0.39, 0.29) is 11.5 Å². The molecule has 3 heterocycles. The molecule has 0 spiro atoms. The van der Waals surface area contributed by atoms with Gasteiger partial charge in [-0.1, -0.05) is 0 Å². The summed E-state index contributed by atoms with van der Waals surface area (Å²) in [5.74, 6) is 0.362. The molecule has 1 saturated heterocycles. The fourth-order valence-corrected chi connectivity index (χ4v) is 3.10. The van der Waals surface area contributed by atoms with Crippen molar-refractivity contribution >= 4 is 5.91 Å². The molecule has 0 aliphatic carbocycles. The summed E-state index contributed by atoms with van der Waals surface area (Å²) >= 11 is 0. The van der Waals surface area contributed by atoms with Crippen molar-refractivity contribution in [1.82, 2.24) is 19.4 Å². The fourth-order valence-electron chi connectivity index (χ4n) is 3.10. The van der Waals surface area contributed by atoms with Crippen LogP contribution in [0.4, 0.5) is 0 Å². The van der Waals surface area contributed by atoms with Crippen molar-refractivity contribution in [2.45, 2.75) is 25.7 Å². The molecule has 3 rings (SSSR count). The number of carbonyl (C=O) groups is 1. The van der Waals surface area contributed by atoms with Crippen LogP contribution in [0.2, 0.25) is 0 Å². The van der Waals surface area contributed by atoms with Crippen LogP contribution < -0.4 is 5.56 Å². The van der Waals surface area contributed by atoms with Gasteiger partial charge in [-0.05, 0) is 31.4 Å². The molecule has 1 aliphatic rings. The van der Waals surface area contributed by atoms with Crippen LogP contribution in [0.3, 0.4) is 0 Å². The third-order valence-corrected chi connectivity index (χ3v) is 4.44. The molecule has 23 heavy (non-hydrogen) atoms. The van der Waals surface area contributed by atoms with Crippen LogP contribution in [-0.2, 0) is 7.05 Å². The Morgan fingerprint density at radius 2 is 2.00 bits per heavy atom. The number of hydrogen-bond acceptors (Lipinski definition) is 4. The van der Waals surface area contributed by atoms with Gasteiger partial charge in [0.05, 0.1) is 5.56 Å². The molecule has 0 atom stereocenters. The van der Waals surface area contributed by atoms with Gasteiger partial charge in [-0.15, -0.1) is 0 Å². The van der Waals surface area contributed by atoms with Crippen LogP contribution in [-0.4, -0.2) is 38.4 Å². The highest BCUT2D eigenvalue weighted by atomic mass is 16.2. The summed E-state index contributed by atoms with van der Waals surface area (Å²) in [4.78, 5) is 34.3. The zero-order valence-corrected chi connectivity index (χ0v) is 13.4. The molecular weight excluding hydrogens is 292 g/mol. The van der Waals surface area contributed by atoms with Gasteiger partial charge in [0.25, 0.3) is 5.91 Å². The molecule has 0 saturated carbocycles. The maximum Gasteiger partial charge on any atom is 0.255 e. The number of likely N-dealkylation sites (tertiary alicyclic amines) is 1. The van der Waals surface area contributed by atoms with E-state index in [1.165, 1.54) is 10.6 Å². The number of aromatic nitrogens is 3. The van der Waals surface area contributed by atoms with Gasteiger partial charge >= 0.3 is 0 Å². The van der Waals surface area contributed by atoms with Crippen LogP contribution in [0, 0.1) is 6.92 Å². The van der Waals surface area contributed by atoms with Gasteiger partial charge in [0.2, 0.25) is 5.56 Å². The molecule has 1 amide bonds. The number of piperidine rings is 1. The minimum atomic E-state index is -0.112. The monoisotopic (exact) mass is 312 g/mol. The molecule has 2 aromatic rings. The quantitative estimate of drug-likeness (QED) is 0.843. The minimum Gasteiger partial charge on any atom is -0.339 e. The van der Waals surface area contributed by atoms with Crippen molar-refractivity contribution in [3.8, 4) is 0 Å². The Labute approximate surface area is 134 Å². The number of hydrogen-bond donors (Lipinski definition) is 0. The maximum absolute atomic E-state index is 12.6. The van der Waals surface area contributed by atoms with Gasteiger partial charge in [-0.2, -0.15) is 0 Å². The van der Waals surface area contributed by atoms with Gasteiger partial charge in [-0.3, -0.25) is 9.59 Å². The van der Waals surface area contributed by atoms with E-state index in [1.807, 2.05) is 18.0 Å². The highest BCUT2D eigenvalue weighted by Gasteiger charge is 2.26. The third-order valence-electron chi connectivity index (χ3n) is 4.44. The van der Waals surface area contributed by atoms with Crippen LogP contribution in [0.25, 0.3) is 0 Å². The number of carbonyl (C=O) groups excluding carboxylic acids is 1. The van der Waals surface area contributed by atoms with Crippen molar-refractivity contribution in [1.29, 1.82) is 0 Å². The van der Waals surface area contributed by atoms with E-state index in [2.05, 4.69) is 9.97 Å². The van der Waals surface area contributed by atoms with E-state index in [0.717, 1.165) is 24.1 Å². The summed E-state index contributed by atoms with van der Waals surface area (Å²) in [6, 6.07) is 3.04. The Bertz CT molecular complexity index is 776. The van der Waals surface area contributed by atoms with E-state index in [1.54, 1.807) is 25.6 Å². The summed E-state index contributed by atoms with van der Waals surface area (Å²) in [6.45, 7) is 3.43. The smallest absolute Gasteiger partial charge is 0.255 e. The van der Waals surface area contributed by atoms with Gasteiger partial charge < -0.3 is 9.47 Å². The fraction of sp³-hybridized carbons (Fsp3) is 0.412. The van der Waals surface area contributed by atoms with Gasteiger partial charge in [0, 0.05) is 50.2 Å². The SMILES string of the molecule is Cc1cncnc1C1CCN(C(=O)c2ccc(=O)n(C)c2)CC1. The van der Waals surface area contributed by atoms with E-state index in [9.17, 15) is 9.59 Å². The van der Waals surface area contributed by atoms with E-state index in [4.69, 9.17) is 0 Å². The lowest BCUT2D eigenvalue weighted by Gasteiger charge is -2.32. The molecule has 1 aliphatic heterocycles. The standard InChI is InChI=1S/C17H20N4O2/c1-12-9-18-11-19-16(12)13-5-7-21(8-6-13)17(23)14-3-4-15(22)20(2)10-14/h3-4,9-11,13H,5-8H2,1-2H3. The zero-order chi connectivity index (χ0) is 16.4. The van der Waals surface area contributed by atoms with E-state index >= 15 is 0 Å². The van der Waals surface area contributed by atoms with Crippen LogP contribution in [0.5, 0.6) is 0 Å². The minimum absolute atomic E-state index is 0.0153. The highest BCUT2D eigenvalue weighted by Crippen LogP contribution is 2.28. The van der Waals surface area contributed by atoms with Crippen molar-refractivity contribution in [3.63, 3.8) is 0 Å². The lowest BCUT2D eigenvalue weighted by molar-refractivity contribution is 0.0711. The maximum atomic E-state index is 12.6. The molecule has 0 aromatic carbocycles. The molecule has 0 unspecified atom stereocenters. The molecule has 0 radical (unpaired) electrons. The molecule has 1 fully saturated rings. The second-order valence-electron chi connectivity index (χ2n) is 6.02. The van der Waals surface area contributed by atoms with Crippen LogP contribution in [0.1, 0.15) is 40.4 Å². The lowest BCUT2D eigenvalue weighted by Crippen LogP contribution is -2.38. The molecule has 0 bridgehead atoms. The van der Waals surface area contributed by atoms with Gasteiger partial charge in [0.1, 0.15) is 6.33 Å². The Morgan fingerprint density at radius 1 is 1.26 bits per heavy atom. The Hall–Kier alpha value is -2.50. The first kappa shape index (κ1) is 15.4. The first-order valence-corrected chi connectivity index (χ1v) is 7.78. The van der Waals surface area contributed by atoms with E-state index < -0.39 is 0 Å². The van der Waals surface area contributed by atoms with Crippen LogP contribution >= 0.6 is 0 Å². The number of aryl methyl sites for hydroxylation is 2. The van der Waals surface area contributed by atoms with Crippen molar-refractivity contribution < 1.29 is 4.79 Å². The van der Waals surface area contributed by atoms with Gasteiger partial charge in [0.15, 0.2) is 0 Å². The van der Waals surface area contributed by atoms with E-state index in [0.29, 0.717) is 24.6 Å². The summed E-state index contributed by atoms with van der Waals surface area (Å²) < 4.78 is 1.43. The number of nitrogens with zero attached hydrogens (tertiary/aromatic N) is 4. The Balaban J connectivity index is 1.69. The zero-order valence-electron chi connectivity index (χ0n) is 13.4. The predicted octanol–water partition coefficient (Wildman–Crippen LogP) is 1.50. The molecule has 6 heteroatoms. The third kappa shape index (κ3) is 3.16. The summed E-state index contributed by atoms with van der Waals surface area (Å²) in [5, 5.41) is 0. The molecular formula is C17H20N4O2. The molecule has 0 N–H and O–H groups in total. The topological polar surface area (TPSA) is 68.1 Å². The number of amides is 1. The number of pyridine rings is 1. The second-order valence-corrected chi connectivity index (χ2v) is 6.02. The predicted molar refractivity (Wildman–Crippen MR) is 86.3 cm³/mol. The average molecular weight is 312 g/mol. The molecule has 2 aromatic heterocycles. The van der Waals surface area contributed by atoms with Crippen molar-refractivity contribution in [3.05, 3.63) is 58.0 Å².